The van der Waals surface area contributed by atoms with E-state index in [9.17, 15) is 4.79 Å². The molecule has 2 aromatic rings. The van der Waals surface area contributed by atoms with Gasteiger partial charge < -0.3 is 0 Å². The van der Waals surface area contributed by atoms with E-state index >= 15 is 0 Å². The first-order chi connectivity index (χ1) is 4.79. The van der Waals surface area contributed by atoms with Gasteiger partial charge in [-0.2, -0.15) is 4.52 Å². The minimum absolute atomic E-state index is 0.157. The summed E-state index contributed by atoms with van der Waals surface area (Å²) >= 11 is 0. The van der Waals surface area contributed by atoms with Crippen LogP contribution < -0.4 is 11.0 Å². The van der Waals surface area contributed by atoms with Crippen LogP contribution in [0.4, 0.5) is 0 Å². The molecule has 0 saturated heterocycles. The Morgan fingerprint density at radius 2 is 2.00 bits per heavy atom. The first-order valence-electron chi connectivity index (χ1n) is 2.86. The molecule has 0 aliphatic carbocycles. The van der Waals surface area contributed by atoms with Crippen molar-refractivity contribution in [2.24, 2.45) is 0 Å². The molecule has 0 spiro atoms. The molecule has 2 aromatic heterocycles. The van der Waals surface area contributed by atoms with Crippen molar-refractivity contribution >= 4 is 0 Å². The summed E-state index contributed by atoms with van der Waals surface area (Å²) in [6.07, 6.45) is 3.30. The maximum Gasteiger partial charge on any atom is 0.273 e. The topological polar surface area (TPSA) is 49.7 Å². The molecule has 0 saturated carbocycles. The lowest BCUT2D eigenvalue weighted by atomic mass is 10.6. The number of fused-ring (bicyclic) bond motifs is 1. The van der Waals surface area contributed by atoms with Gasteiger partial charge in [-0.1, -0.05) is 0 Å². The van der Waals surface area contributed by atoms with Gasteiger partial charge >= 0.3 is 0 Å². The second-order valence-corrected chi connectivity index (χ2v) is 2.05. The fourth-order valence-electron chi connectivity index (χ4n) is 0.968. The second-order valence-electron chi connectivity index (χ2n) is 2.05. The first kappa shape index (κ1) is 5.22. The van der Waals surface area contributed by atoms with Gasteiger partial charge in [0.2, 0.25) is 0 Å². The van der Waals surface area contributed by atoms with Crippen molar-refractivity contribution < 1.29 is 0 Å². The molecule has 0 fully saturated rings. The minimum Gasteiger partial charge on any atom is -0.283 e. The molecule has 0 radical (unpaired) electrons. The van der Waals surface area contributed by atoms with E-state index in [1.54, 1.807) is 23.0 Å². The van der Waals surface area contributed by atoms with Crippen LogP contribution in [0.3, 0.4) is 0 Å². The van der Waals surface area contributed by atoms with E-state index in [1.807, 2.05) is 0 Å². The zero-order chi connectivity index (χ0) is 7.14. The van der Waals surface area contributed by atoms with Crippen LogP contribution in [-0.2, 0) is 0 Å². The number of nitrogens with one attached hydrogen (secondary N) is 1. The molecule has 10 heavy (non-hydrogen) atoms. The molecule has 0 atom stereocenters. The number of hydrogen-bond acceptors (Lipinski definition) is 2. The largest absolute Gasteiger partial charge is 0.283 e. The molecule has 0 aliphatic rings. The molecule has 2 rings (SSSR count). The van der Waals surface area contributed by atoms with Crippen LogP contribution in [0.5, 0.6) is 0 Å². The van der Waals surface area contributed by atoms with Crippen LogP contribution in [0.2, 0.25) is 0 Å². The lowest BCUT2D eigenvalue weighted by molar-refractivity contribution is 0.781. The fourth-order valence-corrected chi connectivity index (χ4v) is 0.968. The van der Waals surface area contributed by atoms with Crippen molar-refractivity contribution in [2.45, 2.75) is 0 Å². The van der Waals surface area contributed by atoms with Gasteiger partial charge in [-0.3, -0.25) is 14.7 Å². The normalized spacial score (nSPS) is 10.8. The summed E-state index contributed by atoms with van der Waals surface area (Å²) < 4.78 is 2.85. The highest BCUT2D eigenvalue weighted by molar-refractivity contribution is 4.92. The average Bonchev–Trinajstić information content (AvgIpc) is 2.40. The molecule has 4 nitrogen and oxygen atoms in total. The van der Waals surface area contributed by atoms with E-state index in [0.29, 0.717) is 0 Å². The highest BCUT2D eigenvalue weighted by atomic mass is 16.1. The van der Waals surface area contributed by atoms with E-state index in [4.69, 9.17) is 5.41 Å². The predicted octanol–water partition coefficient (Wildman–Crippen LogP) is -0.684. The lowest BCUT2D eigenvalue weighted by Crippen LogP contribution is -2.20. The summed E-state index contributed by atoms with van der Waals surface area (Å²) in [6, 6.07) is 3.00. The highest BCUT2D eigenvalue weighted by Gasteiger charge is 1.95. The van der Waals surface area contributed by atoms with Gasteiger partial charge in [-0.05, 0) is 0 Å². The molecular formula is C6H5N3O. The summed E-state index contributed by atoms with van der Waals surface area (Å²) in [5.41, 5.74) is 0.0602. The first-order valence-corrected chi connectivity index (χ1v) is 2.86. The van der Waals surface area contributed by atoms with Gasteiger partial charge in [-0.25, -0.2) is 0 Å². The van der Waals surface area contributed by atoms with Gasteiger partial charge in [0.05, 0.1) is 0 Å². The van der Waals surface area contributed by atoms with Crippen LogP contribution in [0.25, 0.3) is 0 Å². The molecule has 0 aliphatic heterocycles. The van der Waals surface area contributed by atoms with Gasteiger partial charge in [0.25, 0.3) is 5.56 Å². The third-order valence-electron chi connectivity index (χ3n) is 1.42. The Labute approximate surface area is 55.8 Å². The Morgan fingerprint density at radius 1 is 1.30 bits per heavy atom. The van der Waals surface area contributed by atoms with Crippen LogP contribution in [0.15, 0.2) is 29.3 Å². The quantitative estimate of drug-likeness (QED) is 0.511. The zero-order valence-electron chi connectivity index (χ0n) is 5.11. The highest BCUT2D eigenvalue weighted by Crippen LogP contribution is 1.78. The van der Waals surface area contributed by atoms with Crippen LogP contribution in [0, 0.1) is 5.41 Å². The van der Waals surface area contributed by atoms with Gasteiger partial charge in [0.1, 0.15) is 5.49 Å². The smallest absolute Gasteiger partial charge is 0.273 e. The van der Waals surface area contributed by atoms with Gasteiger partial charge in [-0.15, -0.1) is 0 Å². The molecule has 0 bridgehead atoms. The Morgan fingerprint density at radius 3 is 2.70 bits per heavy atom. The van der Waals surface area contributed by atoms with Gasteiger partial charge in [0.15, 0.2) is 0 Å². The predicted molar refractivity (Wildman–Crippen MR) is 34.2 cm³/mol. The standard InChI is InChI=1S/C6H5N3O/c7-5-1-3-8-4-2-6(10)9(5)8/h1-4,7H. The SMILES string of the molecule is N=c1ccn2ccc(=O)n12. The van der Waals surface area contributed by atoms with Crippen LogP contribution in [-0.4, -0.2) is 9.03 Å². The number of rotatable bonds is 0. The van der Waals surface area contributed by atoms with Crippen molar-refractivity contribution in [3.63, 3.8) is 0 Å². The minimum atomic E-state index is -0.157. The van der Waals surface area contributed by atoms with Crippen molar-refractivity contribution in [3.8, 4) is 0 Å². The average molecular weight is 135 g/mol. The van der Waals surface area contributed by atoms with Crippen molar-refractivity contribution in [1.29, 1.82) is 5.41 Å². The maximum atomic E-state index is 10.9. The van der Waals surface area contributed by atoms with E-state index in [2.05, 4.69) is 0 Å². The number of nitrogens with zero attached hydrogens (tertiary/aromatic N) is 2. The number of aromatic nitrogens is 2. The van der Waals surface area contributed by atoms with E-state index < -0.39 is 0 Å². The van der Waals surface area contributed by atoms with Crippen molar-refractivity contribution in [3.05, 3.63) is 40.4 Å². The monoisotopic (exact) mass is 135 g/mol. The Balaban J connectivity index is 3.28. The molecule has 0 unspecified atom stereocenters. The van der Waals surface area contributed by atoms with Gasteiger partial charge in [0, 0.05) is 24.5 Å². The summed E-state index contributed by atoms with van der Waals surface area (Å²) in [7, 11) is 0. The molecule has 0 aromatic carbocycles. The Bertz CT molecular complexity index is 413. The Hall–Kier alpha value is -1.58. The molecule has 0 amide bonds. The van der Waals surface area contributed by atoms with Crippen molar-refractivity contribution in [1.82, 2.24) is 9.03 Å². The van der Waals surface area contributed by atoms with E-state index in [1.165, 1.54) is 10.6 Å². The lowest BCUT2D eigenvalue weighted by Gasteiger charge is -1.80. The molecule has 1 N–H and O–H groups in total. The molecule has 4 heteroatoms. The third-order valence-corrected chi connectivity index (χ3v) is 1.42. The zero-order valence-corrected chi connectivity index (χ0v) is 5.11. The Kier molecular flexibility index (Phi) is 0.768. The fraction of sp³-hybridized carbons (Fsp3) is 0. The van der Waals surface area contributed by atoms with E-state index in [-0.39, 0.29) is 11.0 Å². The maximum absolute atomic E-state index is 10.9. The molecular weight excluding hydrogens is 130 g/mol. The van der Waals surface area contributed by atoms with Crippen LogP contribution >= 0.6 is 0 Å². The summed E-state index contributed by atoms with van der Waals surface area (Å²) in [5.74, 6) is 0. The summed E-state index contributed by atoms with van der Waals surface area (Å²) in [6.45, 7) is 0. The third kappa shape index (κ3) is 0.452. The van der Waals surface area contributed by atoms with Crippen LogP contribution in [0.1, 0.15) is 0 Å². The number of hydrogen-bond donors (Lipinski definition) is 1. The summed E-state index contributed by atoms with van der Waals surface area (Å²) in [5, 5.41) is 7.24. The molecule has 50 valence electrons. The molecule has 2 heterocycles. The van der Waals surface area contributed by atoms with E-state index in [0.717, 1.165) is 0 Å². The second kappa shape index (κ2) is 1.47. The van der Waals surface area contributed by atoms with Crippen molar-refractivity contribution in [2.75, 3.05) is 0 Å². The summed E-state index contributed by atoms with van der Waals surface area (Å²) in [4.78, 5) is 10.9.